The smallest absolute Gasteiger partial charge is 0.320 e. The van der Waals surface area contributed by atoms with Crippen molar-refractivity contribution >= 4 is 23.0 Å². The minimum atomic E-state index is -1.20. The third-order valence-electron chi connectivity index (χ3n) is 4.29. The first-order valence-corrected chi connectivity index (χ1v) is 8.04. The highest BCUT2D eigenvalue weighted by Gasteiger charge is 2.44. The van der Waals surface area contributed by atoms with E-state index in [1.54, 1.807) is 0 Å². The van der Waals surface area contributed by atoms with Crippen LogP contribution in [0.25, 0.3) is 11.2 Å². The third kappa shape index (κ3) is 3.45. The van der Waals surface area contributed by atoms with Crippen LogP contribution >= 0.6 is 0 Å². The molecule has 0 amide bonds. The van der Waals surface area contributed by atoms with Gasteiger partial charge in [-0.2, -0.15) is 0 Å². The summed E-state index contributed by atoms with van der Waals surface area (Å²) < 4.78 is 7.23. The van der Waals surface area contributed by atoms with E-state index >= 15 is 0 Å². The maximum Gasteiger partial charge on any atom is 0.320 e. The van der Waals surface area contributed by atoms with Gasteiger partial charge in [0.1, 0.15) is 36.2 Å². The number of carboxylic acid groups (broad SMARTS) is 1. The van der Waals surface area contributed by atoms with Gasteiger partial charge in [-0.15, -0.1) is 0 Å². The van der Waals surface area contributed by atoms with Crippen LogP contribution in [0.4, 0.5) is 5.82 Å². The van der Waals surface area contributed by atoms with E-state index in [4.69, 9.17) is 21.3 Å². The lowest BCUT2D eigenvalue weighted by Gasteiger charge is -2.16. The molecule has 26 heavy (non-hydrogen) atoms. The Labute approximate surface area is 147 Å². The maximum absolute atomic E-state index is 10.7. The zero-order chi connectivity index (χ0) is 18.8. The number of aliphatic hydroxyl groups is 2. The molecule has 2 aromatic rings. The van der Waals surface area contributed by atoms with E-state index in [0.717, 1.165) is 0 Å². The summed E-state index contributed by atoms with van der Waals surface area (Å²) in [5.41, 5.74) is 11.9. The Morgan fingerprint density at radius 2 is 2.12 bits per heavy atom. The molecule has 12 heteroatoms. The average molecular weight is 367 g/mol. The Hall–Kier alpha value is -2.38. The number of anilines is 1. The van der Waals surface area contributed by atoms with Crippen molar-refractivity contribution in [3.63, 3.8) is 0 Å². The molecule has 0 unspecified atom stereocenters. The standard InChI is InChI=1S/C14H21N7O5/c15-6(14(24)25)1-2-17-3-7-9(22)10(23)13(26-7)21-5-20-8-11(16)18-4-19-12(8)21/h4-7,9-10,13,17,22-23H,1-3,15H2,(H,24,25)(H2,16,18,19)/t6-,7+,9+,10+,13+/m0/s1. The van der Waals surface area contributed by atoms with Gasteiger partial charge in [0.25, 0.3) is 0 Å². The number of carboxylic acids is 1. The van der Waals surface area contributed by atoms with Crippen LogP contribution in [0.5, 0.6) is 0 Å². The number of nitrogens with two attached hydrogens (primary N) is 2. The molecular weight excluding hydrogens is 346 g/mol. The number of aromatic nitrogens is 4. The number of aliphatic carboxylic acids is 1. The van der Waals surface area contributed by atoms with Gasteiger partial charge in [0, 0.05) is 6.54 Å². The predicted octanol–water partition coefficient (Wildman–Crippen LogP) is -2.58. The van der Waals surface area contributed by atoms with E-state index < -0.39 is 36.6 Å². The molecule has 12 nitrogen and oxygen atoms in total. The lowest BCUT2D eigenvalue weighted by Crippen LogP contribution is -2.40. The van der Waals surface area contributed by atoms with E-state index in [1.165, 1.54) is 17.2 Å². The van der Waals surface area contributed by atoms with Crippen molar-refractivity contribution in [2.24, 2.45) is 5.73 Å². The van der Waals surface area contributed by atoms with Crippen LogP contribution in [-0.4, -0.2) is 78.3 Å². The summed E-state index contributed by atoms with van der Waals surface area (Å²) in [5, 5.41) is 32.3. The molecule has 0 radical (unpaired) electrons. The number of ether oxygens (including phenoxy) is 1. The number of imidazole rings is 1. The van der Waals surface area contributed by atoms with Crippen LogP contribution in [0, 0.1) is 0 Å². The van der Waals surface area contributed by atoms with Crippen LogP contribution in [0.1, 0.15) is 12.6 Å². The molecule has 0 aromatic carbocycles. The number of nitrogens with one attached hydrogen (secondary N) is 1. The lowest BCUT2D eigenvalue weighted by atomic mass is 10.1. The molecule has 0 bridgehead atoms. The number of carbonyl (C=O) groups is 1. The van der Waals surface area contributed by atoms with Crippen molar-refractivity contribution in [3.05, 3.63) is 12.7 Å². The monoisotopic (exact) mass is 367 g/mol. The minimum Gasteiger partial charge on any atom is -0.480 e. The van der Waals surface area contributed by atoms with Crippen LogP contribution in [-0.2, 0) is 9.53 Å². The largest absolute Gasteiger partial charge is 0.480 e. The Bertz CT molecular complexity index is 784. The Kier molecular flexibility index (Phi) is 5.29. The maximum atomic E-state index is 10.7. The fourth-order valence-electron chi connectivity index (χ4n) is 2.81. The second kappa shape index (κ2) is 7.47. The zero-order valence-electron chi connectivity index (χ0n) is 13.8. The van der Waals surface area contributed by atoms with Gasteiger partial charge in [-0.05, 0) is 13.0 Å². The SMILES string of the molecule is Nc1ncnc2c1ncn2[C@@H]1O[C@H](CNCC[C@H](N)C(=O)O)[C@@H](O)[C@H]1O. The van der Waals surface area contributed by atoms with E-state index in [9.17, 15) is 15.0 Å². The van der Waals surface area contributed by atoms with Gasteiger partial charge in [0.2, 0.25) is 0 Å². The van der Waals surface area contributed by atoms with E-state index in [0.29, 0.717) is 17.7 Å². The van der Waals surface area contributed by atoms with Gasteiger partial charge >= 0.3 is 5.97 Å². The fraction of sp³-hybridized carbons (Fsp3) is 0.571. The summed E-state index contributed by atoms with van der Waals surface area (Å²) in [5.74, 6) is -0.873. The fourth-order valence-corrected chi connectivity index (χ4v) is 2.81. The zero-order valence-corrected chi connectivity index (χ0v) is 13.8. The number of hydrogen-bond acceptors (Lipinski definition) is 10. The van der Waals surface area contributed by atoms with Gasteiger partial charge in [-0.3, -0.25) is 9.36 Å². The summed E-state index contributed by atoms with van der Waals surface area (Å²) in [6, 6.07) is -0.960. The summed E-state index contributed by atoms with van der Waals surface area (Å²) in [6.07, 6.45) is -1.01. The lowest BCUT2D eigenvalue weighted by molar-refractivity contribution is -0.138. The molecule has 1 fully saturated rings. The molecule has 3 rings (SSSR count). The van der Waals surface area contributed by atoms with Crippen LogP contribution in [0.3, 0.4) is 0 Å². The van der Waals surface area contributed by atoms with Crippen molar-refractivity contribution in [2.45, 2.75) is 37.0 Å². The molecule has 0 saturated carbocycles. The molecule has 0 aliphatic carbocycles. The Balaban J connectivity index is 1.64. The summed E-state index contributed by atoms with van der Waals surface area (Å²) in [4.78, 5) is 22.7. The van der Waals surface area contributed by atoms with Gasteiger partial charge in [-0.1, -0.05) is 0 Å². The summed E-state index contributed by atoms with van der Waals surface area (Å²) >= 11 is 0. The van der Waals surface area contributed by atoms with E-state index in [2.05, 4.69) is 20.3 Å². The highest BCUT2D eigenvalue weighted by Crippen LogP contribution is 2.31. The minimum absolute atomic E-state index is 0.203. The van der Waals surface area contributed by atoms with Crippen molar-refractivity contribution in [1.29, 1.82) is 0 Å². The van der Waals surface area contributed by atoms with Crippen LogP contribution in [0.2, 0.25) is 0 Å². The molecule has 8 N–H and O–H groups in total. The molecule has 3 heterocycles. The Morgan fingerprint density at radius 3 is 2.85 bits per heavy atom. The molecule has 0 spiro atoms. The quantitative estimate of drug-likeness (QED) is 0.281. The number of hydrogen-bond donors (Lipinski definition) is 6. The number of nitrogen functional groups attached to an aromatic ring is 1. The van der Waals surface area contributed by atoms with E-state index in [-0.39, 0.29) is 18.8 Å². The summed E-state index contributed by atoms with van der Waals surface area (Å²) in [6.45, 7) is 0.545. The van der Waals surface area contributed by atoms with Gasteiger partial charge in [0.15, 0.2) is 17.7 Å². The number of rotatable bonds is 7. The number of aliphatic hydroxyl groups excluding tert-OH is 2. The Morgan fingerprint density at radius 1 is 1.35 bits per heavy atom. The molecule has 2 aromatic heterocycles. The normalized spacial score (nSPS) is 27.0. The molecule has 1 aliphatic rings. The first-order chi connectivity index (χ1) is 12.4. The molecule has 1 saturated heterocycles. The second-order valence-corrected chi connectivity index (χ2v) is 6.07. The highest BCUT2D eigenvalue weighted by molar-refractivity contribution is 5.81. The first kappa shape index (κ1) is 18.4. The van der Waals surface area contributed by atoms with Crippen molar-refractivity contribution in [2.75, 3.05) is 18.8 Å². The molecular formula is C14H21N7O5. The van der Waals surface area contributed by atoms with Crippen LogP contribution < -0.4 is 16.8 Å². The first-order valence-electron chi connectivity index (χ1n) is 8.04. The van der Waals surface area contributed by atoms with Crippen LogP contribution in [0.15, 0.2) is 12.7 Å². The molecule has 5 atom stereocenters. The van der Waals surface area contributed by atoms with Crippen molar-refractivity contribution < 1.29 is 24.9 Å². The van der Waals surface area contributed by atoms with Crippen molar-refractivity contribution in [3.8, 4) is 0 Å². The molecule has 1 aliphatic heterocycles. The topological polar surface area (TPSA) is 195 Å². The average Bonchev–Trinajstić information content (AvgIpc) is 3.15. The van der Waals surface area contributed by atoms with Gasteiger partial charge in [0.05, 0.1) is 6.33 Å². The highest BCUT2D eigenvalue weighted by atomic mass is 16.6. The van der Waals surface area contributed by atoms with Gasteiger partial charge in [-0.25, -0.2) is 15.0 Å². The van der Waals surface area contributed by atoms with E-state index in [1.807, 2.05) is 0 Å². The predicted molar refractivity (Wildman–Crippen MR) is 88.8 cm³/mol. The molecule has 142 valence electrons. The number of fused-ring (bicyclic) bond motifs is 1. The third-order valence-corrected chi connectivity index (χ3v) is 4.29. The van der Waals surface area contributed by atoms with Gasteiger partial charge < -0.3 is 36.8 Å². The summed E-state index contributed by atoms with van der Waals surface area (Å²) in [7, 11) is 0. The second-order valence-electron chi connectivity index (χ2n) is 6.07. The number of nitrogens with zero attached hydrogens (tertiary/aromatic N) is 4. The van der Waals surface area contributed by atoms with Crippen molar-refractivity contribution in [1.82, 2.24) is 24.8 Å².